The second-order valence-corrected chi connectivity index (χ2v) is 9.72. The fraction of sp³-hybridized carbons (Fsp3) is 0.130. The van der Waals surface area contributed by atoms with Crippen LogP contribution >= 0.6 is 35.3 Å². The Bertz CT molecular complexity index is 1430. The number of nitrogens with one attached hydrogen (secondary N) is 2. The number of fused-ring (bicyclic) bond motifs is 1. The molecule has 3 N–H and O–H groups in total. The SMILES string of the molecule is CCOC(=O)C(=C1SC(=S)N(CC(=O)O)C1=O)c1csc(NC(=O)Nc2cccc3ccccc23)n1. The first kappa shape index (κ1) is 25.3. The van der Waals surface area contributed by atoms with Crippen molar-refractivity contribution in [1.82, 2.24) is 9.88 Å². The van der Waals surface area contributed by atoms with E-state index in [0.717, 1.165) is 38.8 Å². The van der Waals surface area contributed by atoms with Gasteiger partial charge < -0.3 is 15.2 Å². The number of anilines is 2. The van der Waals surface area contributed by atoms with E-state index in [0.29, 0.717) is 5.69 Å². The summed E-state index contributed by atoms with van der Waals surface area (Å²) >= 11 is 6.96. The van der Waals surface area contributed by atoms with E-state index in [4.69, 9.17) is 22.1 Å². The molecule has 3 aromatic rings. The molecule has 0 atom stereocenters. The van der Waals surface area contributed by atoms with Crippen LogP contribution in [-0.2, 0) is 19.1 Å². The molecular formula is C23H18N4O6S3. The van der Waals surface area contributed by atoms with Gasteiger partial charge in [-0.25, -0.2) is 14.6 Å². The van der Waals surface area contributed by atoms with E-state index < -0.39 is 30.4 Å². The molecule has 1 saturated heterocycles. The predicted octanol–water partition coefficient (Wildman–Crippen LogP) is 4.16. The van der Waals surface area contributed by atoms with Crippen molar-refractivity contribution in [1.29, 1.82) is 0 Å². The lowest BCUT2D eigenvalue weighted by Crippen LogP contribution is -2.33. The number of carbonyl (C=O) groups is 4. The minimum absolute atomic E-state index is 0.00208. The first-order valence-corrected chi connectivity index (χ1v) is 12.6. The summed E-state index contributed by atoms with van der Waals surface area (Å²) < 4.78 is 5.11. The summed E-state index contributed by atoms with van der Waals surface area (Å²) in [5.41, 5.74) is 0.548. The number of esters is 1. The molecule has 0 unspecified atom stereocenters. The number of ether oxygens (including phenoxy) is 1. The highest BCUT2D eigenvalue weighted by atomic mass is 32.2. The van der Waals surface area contributed by atoms with Gasteiger partial charge in [0.15, 0.2) is 5.13 Å². The Hall–Kier alpha value is -3.81. The van der Waals surface area contributed by atoms with Crippen molar-refractivity contribution >= 4 is 90.7 Å². The molecule has 0 spiro atoms. The Balaban J connectivity index is 1.59. The number of carboxylic acids is 1. The lowest BCUT2D eigenvalue weighted by Gasteiger charge is -2.11. The Kier molecular flexibility index (Phi) is 7.62. The van der Waals surface area contributed by atoms with Crippen molar-refractivity contribution in [3.05, 3.63) is 58.4 Å². The van der Waals surface area contributed by atoms with Crippen LogP contribution in [0.3, 0.4) is 0 Å². The number of carbonyl (C=O) groups excluding carboxylic acids is 3. The van der Waals surface area contributed by atoms with E-state index in [-0.39, 0.29) is 32.2 Å². The van der Waals surface area contributed by atoms with Crippen molar-refractivity contribution in [3.63, 3.8) is 0 Å². The number of amides is 3. The third-order valence-corrected chi connectivity index (χ3v) is 7.07. The fourth-order valence-electron chi connectivity index (χ4n) is 3.37. The average molecular weight is 543 g/mol. The summed E-state index contributed by atoms with van der Waals surface area (Å²) in [4.78, 5) is 54.5. The summed E-state index contributed by atoms with van der Waals surface area (Å²) in [5, 5.41) is 18.0. The highest BCUT2D eigenvalue weighted by Gasteiger charge is 2.38. The topological polar surface area (TPSA) is 138 Å². The van der Waals surface area contributed by atoms with Crippen LogP contribution < -0.4 is 10.6 Å². The molecule has 1 aromatic heterocycles. The van der Waals surface area contributed by atoms with E-state index >= 15 is 0 Å². The summed E-state index contributed by atoms with van der Waals surface area (Å²) in [7, 11) is 0. The van der Waals surface area contributed by atoms with Gasteiger partial charge in [0.05, 0.1) is 22.9 Å². The van der Waals surface area contributed by atoms with Crippen molar-refractivity contribution in [2.75, 3.05) is 23.8 Å². The zero-order valence-electron chi connectivity index (χ0n) is 18.6. The standard InChI is InChI=1S/C23H18N4O6S3/c1-2-33-20(31)17(18-19(30)27(10-16(28)29)23(34)36-18)15-11-35-22(25-15)26-21(32)24-14-9-5-7-12-6-3-4-8-13(12)14/h3-9,11H,2,10H2,1H3,(H,28,29)(H2,24,25,26,32). The zero-order valence-corrected chi connectivity index (χ0v) is 21.1. The van der Waals surface area contributed by atoms with Gasteiger partial charge in [0.1, 0.15) is 16.4 Å². The molecule has 0 aliphatic carbocycles. The van der Waals surface area contributed by atoms with Crippen LogP contribution in [0.15, 0.2) is 52.7 Å². The Morgan fingerprint density at radius 2 is 1.89 bits per heavy atom. The molecule has 1 fully saturated rings. The van der Waals surface area contributed by atoms with Gasteiger partial charge in [-0.05, 0) is 18.4 Å². The smallest absolute Gasteiger partial charge is 0.341 e. The maximum Gasteiger partial charge on any atom is 0.341 e. The Morgan fingerprint density at radius 1 is 1.14 bits per heavy atom. The van der Waals surface area contributed by atoms with Gasteiger partial charge >= 0.3 is 18.0 Å². The van der Waals surface area contributed by atoms with Crippen LogP contribution in [-0.4, -0.2) is 56.3 Å². The number of carboxylic acid groups (broad SMARTS) is 1. The Morgan fingerprint density at radius 3 is 2.64 bits per heavy atom. The minimum Gasteiger partial charge on any atom is -0.480 e. The molecule has 184 valence electrons. The van der Waals surface area contributed by atoms with Crippen LogP contribution in [0.25, 0.3) is 16.3 Å². The maximum absolute atomic E-state index is 12.9. The second-order valence-electron chi connectivity index (χ2n) is 7.22. The quantitative estimate of drug-likeness (QED) is 0.228. The van der Waals surface area contributed by atoms with E-state index in [2.05, 4.69) is 15.6 Å². The highest BCUT2D eigenvalue weighted by molar-refractivity contribution is 8.26. The zero-order chi connectivity index (χ0) is 25.8. The maximum atomic E-state index is 12.9. The summed E-state index contributed by atoms with van der Waals surface area (Å²) in [6, 6.07) is 12.6. The van der Waals surface area contributed by atoms with Crippen LogP contribution in [0, 0.1) is 0 Å². The molecule has 10 nitrogen and oxygen atoms in total. The van der Waals surface area contributed by atoms with E-state index in [9.17, 15) is 19.2 Å². The molecule has 0 bridgehead atoms. The minimum atomic E-state index is -1.25. The molecule has 2 heterocycles. The van der Waals surface area contributed by atoms with Crippen molar-refractivity contribution < 1.29 is 29.0 Å². The van der Waals surface area contributed by atoms with Crippen LogP contribution in [0.5, 0.6) is 0 Å². The number of hydrogen-bond acceptors (Lipinski definition) is 9. The van der Waals surface area contributed by atoms with E-state index in [1.807, 2.05) is 36.4 Å². The van der Waals surface area contributed by atoms with Gasteiger partial charge in [0.2, 0.25) is 0 Å². The number of benzene rings is 2. The van der Waals surface area contributed by atoms with Crippen molar-refractivity contribution in [2.24, 2.45) is 0 Å². The number of thioether (sulfide) groups is 1. The van der Waals surface area contributed by atoms with Crippen LogP contribution in [0.1, 0.15) is 12.6 Å². The second kappa shape index (κ2) is 10.8. The summed E-state index contributed by atoms with van der Waals surface area (Å²) in [6.07, 6.45) is 0. The lowest BCUT2D eigenvalue weighted by atomic mass is 10.1. The van der Waals surface area contributed by atoms with E-state index in [1.54, 1.807) is 13.0 Å². The molecule has 2 aromatic carbocycles. The average Bonchev–Trinajstić information content (AvgIpc) is 3.39. The number of thiazole rings is 1. The predicted molar refractivity (Wildman–Crippen MR) is 142 cm³/mol. The molecule has 36 heavy (non-hydrogen) atoms. The highest BCUT2D eigenvalue weighted by Crippen LogP contribution is 2.38. The monoisotopic (exact) mass is 542 g/mol. The summed E-state index contributed by atoms with van der Waals surface area (Å²) in [6.45, 7) is 1.01. The van der Waals surface area contributed by atoms with Gasteiger partial charge in [0, 0.05) is 10.8 Å². The molecule has 1 aliphatic rings. The number of thiocarbonyl (C=S) groups is 1. The first-order valence-electron chi connectivity index (χ1n) is 10.5. The van der Waals surface area contributed by atoms with Gasteiger partial charge in [-0.1, -0.05) is 60.4 Å². The van der Waals surface area contributed by atoms with Gasteiger partial charge in [-0.15, -0.1) is 11.3 Å². The fourth-order valence-corrected chi connectivity index (χ4v) is 5.38. The van der Waals surface area contributed by atoms with Gasteiger partial charge in [-0.2, -0.15) is 0 Å². The number of aliphatic carboxylic acids is 1. The molecule has 3 amide bonds. The third-order valence-electron chi connectivity index (χ3n) is 4.87. The van der Waals surface area contributed by atoms with Gasteiger partial charge in [0.25, 0.3) is 5.91 Å². The Labute approximate surface area is 218 Å². The molecular weight excluding hydrogens is 524 g/mol. The largest absolute Gasteiger partial charge is 0.480 e. The number of hydrogen-bond donors (Lipinski definition) is 3. The number of urea groups is 1. The third kappa shape index (κ3) is 5.37. The summed E-state index contributed by atoms with van der Waals surface area (Å²) in [5.74, 6) is -2.79. The van der Waals surface area contributed by atoms with Crippen molar-refractivity contribution in [2.45, 2.75) is 6.92 Å². The number of aromatic nitrogens is 1. The molecule has 0 radical (unpaired) electrons. The number of rotatable bonds is 7. The number of nitrogens with zero attached hydrogens (tertiary/aromatic N) is 2. The molecule has 1 aliphatic heterocycles. The first-order chi connectivity index (χ1) is 17.3. The molecule has 0 saturated carbocycles. The van der Waals surface area contributed by atoms with Gasteiger partial charge in [-0.3, -0.25) is 19.8 Å². The van der Waals surface area contributed by atoms with E-state index in [1.165, 1.54) is 5.38 Å². The van der Waals surface area contributed by atoms with Crippen LogP contribution in [0.4, 0.5) is 15.6 Å². The normalized spacial score (nSPS) is 14.6. The molecule has 13 heteroatoms. The van der Waals surface area contributed by atoms with Crippen LogP contribution in [0.2, 0.25) is 0 Å². The molecule has 4 rings (SSSR count). The lowest BCUT2D eigenvalue weighted by molar-refractivity contribution is -0.140. The van der Waals surface area contributed by atoms with Crippen molar-refractivity contribution in [3.8, 4) is 0 Å².